The van der Waals surface area contributed by atoms with Gasteiger partial charge in [0.2, 0.25) is 16.0 Å². The van der Waals surface area contributed by atoms with Crippen LogP contribution in [0.2, 0.25) is 0 Å². The van der Waals surface area contributed by atoms with Gasteiger partial charge in [0, 0.05) is 31.5 Å². The van der Waals surface area contributed by atoms with E-state index in [4.69, 9.17) is 0 Å². The predicted octanol–water partition coefficient (Wildman–Crippen LogP) is 3.34. The van der Waals surface area contributed by atoms with Crippen LogP contribution in [-0.2, 0) is 16.2 Å². The Morgan fingerprint density at radius 3 is 2.61 bits per heavy atom. The van der Waals surface area contributed by atoms with Gasteiger partial charge in [0.05, 0.1) is 5.60 Å². The summed E-state index contributed by atoms with van der Waals surface area (Å²) < 4.78 is 81.8. The minimum absolute atomic E-state index is 0.0445. The Morgan fingerprint density at radius 1 is 1.30 bits per heavy atom. The zero-order valence-corrected chi connectivity index (χ0v) is 19.1. The van der Waals surface area contributed by atoms with Gasteiger partial charge in [-0.2, -0.15) is 18.2 Å². The number of nitrogens with one attached hydrogen (secondary N) is 2. The molecule has 1 fully saturated rings. The van der Waals surface area contributed by atoms with Gasteiger partial charge in [0.15, 0.2) is 0 Å². The highest BCUT2D eigenvalue weighted by atomic mass is 32.2. The van der Waals surface area contributed by atoms with Crippen molar-refractivity contribution in [1.82, 2.24) is 14.7 Å². The monoisotopic (exact) mass is 491 g/mol. The number of hydrogen-bond acceptors (Lipinski definition) is 7. The number of sulfonamides is 1. The van der Waals surface area contributed by atoms with E-state index in [1.54, 1.807) is 13.8 Å². The van der Waals surface area contributed by atoms with Gasteiger partial charge < -0.3 is 15.3 Å². The molecular weight excluding hydrogens is 466 g/mol. The van der Waals surface area contributed by atoms with E-state index in [0.717, 1.165) is 12.1 Å². The highest BCUT2D eigenvalue weighted by molar-refractivity contribution is 7.89. The fraction of sp³-hybridized carbons (Fsp3) is 0.500. The Hall–Kier alpha value is -2.51. The average Bonchev–Trinajstić information content (AvgIpc) is 2.68. The fourth-order valence-corrected chi connectivity index (χ4v) is 4.84. The summed E-state index contributed by atoms with van der Waals surface area (Å²) in [5.74, 6) is -1.67. The normalized spacial score (nSPS) is 19.6. The SMILES string of the molecule is CCNS(=O)(=O)c1cc(C)c(Nc2ncc(C(F)(F)F)c(N3CCC[C@](C)(O)C3)n2)cc1F. The van der Waals surface area contributed by atoms with Gasteiger partial charge in [0.1, 0.15) is 22.1 Å². The van der Waals surface area contributed by atoms with E-state index in [-0.39, 0.29) is 31.3 Å². The quantitative estimate of drug-likeness (QED) is 0.532. The van der Waals surface area contributed by atoms with E-state index in [1.165, 1.54) is 11.8 Å². The molecule has 2 heterocycles. The second-order valence-corrected chi connectivity index (χ2v) is 9.91. The number of piperidine rings is 1. The molecule has 0 aliphatic carbocycles. The van der Waals surface area contributed by atoms with Crippen LogP contribution in [0.5, 0.6) is 0 Å². The van der Waals surface area contributed by atoms with Crippen molar-refractivity contribution in [3.8, 4) is 0 Å². The highest BCUT2D eigenvalue weighted by Gasteiger charge is 2.39. The van der Waals surface area contributed by atoms with E-state index >= 15 is 0 Å². The van der Waals surface area contributed by atoms with Crippen molar-refractivity contribution >= 4 is 27.5 Å². The minimum Gasteiger partial charge on any atom is -0.388 e. The van der Waals surface area contributed by atoms with Crippen LogP contribution in [0.15, 0.2) is 23.2 Å². The predicted molar refractivity (Wildman–Crippen MR) is 114 cm³/mol. The third kappa shape index (κ3) is 5.71. The summed E-state index contributed by atoms with van der Waals surface area (Å²) in [6.07, 6.45) is -3.17. The maximum atomic E-state index is 14.5. The number of rotatable bonds is 6. The van der Waals surface area contributed by atoms with Crippen LogP contribution in [0, 0.1) is 12.7 Å². The van der Waals surface area contributed by atoms with Crippen molar-refractivity contribution in [2.45, 2.75) is 50.3 Å². The number of aromatic nitrogens is 2. The second-order valence-electron chi connectivity index (χ2n) is 8.17. The van der Waals surface area contributed by atoms with Gasteiger partial charge in [-0.3, -0.25) is 0 Å². The lowest BCUT2D eigenvalue weighted by Crippen LogP contribution is -2.47. The van der Waals surface area contributed by atoms with E-state index in [9.17, 15) is 31.1 Å². The number of halogens is 4. The number of β-amino-alcohol motifs (C(OH)–C–C–N with tert-alkyl or cyclic N) is 1. The number of benzene rings is 1. The van der Waals surface area contributed by atoms with Crippen LogP contribution in [0.1, 0.15) is 37.8 Å². The fourth-order valence-electron chi connectivity index (χ4n) is 3.66. The third-order valence-corrected chi connectivity index (χ3v) is 6.76. The molecule has 1 aliphatic rings. The smallest absolute Gasteiger partial charge is 0.388 e. The first-order chi connectivity index (χ1) is 15.2. The van der Waals surface area contributed by atoms with Crippen molar-refractivity contribution in [3.05, 3.63) is 35.3 Å². The zero-order chi connectivity index (χ0) is 24.6. The minimum atomic E-state index is -4.72. The lowest BCUT2D eigenvalue weighted by atomic mass is 9.95. The first-order valence-electron chi connectivity index (χ1n) is 10.2. The molecule has 1 aromatic carbocycles. The lowest BCUT2D eigenvalue weighted by molar-refractivity contribution is -0.137. The molecule has 1 aromatic heterocycles. The van der Waals surface area contributed by atoms with Crippen molar-refractivity contribution in [2.75, 3.05) is 29.9 Å². The summed E-state index contributed by atoms with van der Waals surface area (Å²) in [6.45, 7) is 4.91. The van der Waals surface area contributed by atoms with Crippen LogP contribution >= 0.6 is 0 Å². The van der Waals surface area contributed by atoms with Gasteiger partial charge >= 0.3 is 6.18 Å². The molecular formula is C20H25F4N5O3S. The van der Waals surface area contributed by atoms with Crippen LogP contribution in [0.3, 0.4) is 0 Å². The Kier molecular flexibility index (Phi) is 6.87. The molecule has 1 saturated heterocycles. The van der Waals surface area contributed by atoms with Crippen molar-refractivity contribution in [2.24, 2.45) is 0 Å². The Bertz CT molecular complexity index is 1140. The van der Waals surface area contributed by atoms with Crippen molar-refractivity contribution < 1.29 is 31.1 Å². The van der Waals surface area contributed by atoms with Gasteiger partial charge in [-0.05, 0) is 44.4 Å². The first-order valence-corrected chi connectivity index (χ1v) is 11.7. The van der Waals surface area contributed by atoms with Crippen molar-refractivity contribution in [3.63, 3.8) is 0 Å². The number of aryl methyl sites for hydroxylation is 1. The van der Waals surface area contributed by atoms with Gasteiger partial charge in [-0.25, -0.2) is 22.5 Å². The number of aliphatic hydroxyl groups is 1. The van der Waals surface area contributed by atoms with Gasteiger partial charge in [-0.15, -0.1) is 0 Å². The molecule has 0 bridgehead atoms. The van der Waals surface area contributed by atoms with Crippen molar-refractivity contribution in [1.29, 1.82) is 0 Å². The molecule has 1 aliphatic heterocycles. The molecule has 0 radical (unpaired) electrons. The van der Waals surface area contributed by atoms with E-state index in [2.05, 4.69) is 20.0 Å². The summed E-state index contributed by atoms with van der Waals surface area (Å²) >= 11 is 0. The molecule has 0 unspecified atom stereocenters. The molecule has 3 rings (SSSR count). The molecule has 0 spiro atoms. The number of alkyl halides is 3. The summed E-state index contributed by atoms with van der Waals surface area (Å²) in [4.78, 5) is 8.54. The summed E-state index contributed by atoms with van der Waals surface area (Å²) in [7, 11) is -4.05. The van der Waals surface area contributed by atoms with Gasteiger partial charge in [-0.1, -0.05) is 6.92 Å². The van der Waals surface area contributed by atoms with Crippen LogP contribution < -0.4 is 14.9 Å². The lowest BCUT2D eigenvalue weighted by Gasteiger charge is -2.38. The molecule has 1 atom stereocenters. The van der Waals surface area contributed by atoms with E-state index in [1.807, 2.05) is 0 Å². The standard InChI is InChI=1S/C20H25F4N5O3S/c1-4-26-33(31,32)16-8-12(2)15(9-14(16)21)27-18-25-10-13(20(22,23)24)17(28-18)29-7-5-6-19(3,30)11-29/h8-10,26,30H,4-7,11H2,1-3H3,(H,25,27,28)/t19-/m0/s1. The van der Waals surface area contributed by atoms with Crippen LogP contribution in [0.25, 0.3) is 0 Å². The number of anilines is 3. The molecule has 33 heavy (non-hydrogen) atoms. The van der Waals surface area contributed by atoms with E-state index in [0.29, 0.717) is 24.6 Å². The molecule has 0 amide bonds. The molecule has 3 N–H and O–H groups in total. The third-order valence-electron chi connectivity index (χ3n) is 5.20. The molecule has 0 saturated carbocycles. The molecule has 2 aromatic rings. The van der Waals surface area contributed by atoms with Crippen LogP contribution in [-0.4, -0.2) is 48.7 Å². The average molecular weight is 492 g/mol. The summed E-state index contributed by atoms with van der Waals surface area (Å²) in [5, 5.41) is 13.0. The summed E-state index contributed by atoms with van der Waals surface area (Å²) in [5.41, 5.74) is -1.81. The maximum Gasteiger partial charge on any atom is 0.421 e. The maximum absolute atomic E-state index is 14.5. The van der Waals surface area contributed by atoms with E-state index < -0.39 is 43.9 Å². The summed E-state index contributed by atoms with van der Waals surface area (Å²) in [6, 6.07) is 2.04. The Balaban J connectivity index is 1.99. The van der Waals surface area contributed by atoms with Crippen LogP contribution in [0.4, 0.5) is 35.0 Å². The molecule has 13 heteroatoms. The van der Waals surface area contributed by atoms with Gasteiger partial charge in [0.25, 0.3) is 0 Å². The number of nitrogens with zero attached hydrogens (tertiary/aromatic N) is 3. The largest absolute Gasteiger partial charge is 0.421 e. The topological polar surface area (TPSA) is 107 Å². The molecule has 8 nitrogen and oxygen atoms in total. The number of hydrogen-bond donors (Lipinski definition) is 3. The Labute approximate surface area is 189 Å². The Morgan fingerprint density at radius 2 is 2.00 bits per heavy atom. The second kappa shape index (κ2) is 9.03. The zero-order valence-electron chi connectivity index (χ0n) is 18.3. The highest BCUT2D eigenvalue weighted by Crippen LogP contribution is 2.38. The molecule has 182 valence electrons. The first kappa shape index (κ1) is 25.1.